The van der Waals surface area contributed by atoms with Gasteiger partial charge in [0.05, 0.1) is 0 Å². The second-order valence-electron chi connectivity index (χ2n) is 10.7. The number of hydrogen-bond acceptors (Lipinski definition) is 4. The van der Waals surface area contributed by atoms with E-state index in [0.29, 0.717) is 0 Å². The first-order valence-corrected chi connectivity index (χ1v) is 15.9. The van der Waals surface area contributed by atoms with Crippen molar-refractivity contribution in [2.45, 2.75) is 194 Å². The molecule has 0 aliphatic heterocycles. The third-order valence-electron chi connectivity index (χ3n) is 6.97. The maximum atomic E-state index is 10.2. The van der Waals surface area contributed by atoms with Gasteiger partial charge in [0, 0.05) is 11.9 Å². The van der Waals surface area contributed by atoms with E-state index in [1.54, 1.807) is 0 Å². The van der Waals surface area contributed by atoms with E-state index in [-0.39, 0.29) is 53.3 Å². The molecule has 0 aromatic rings. The summed E-state index contributed by atoms with van der Waals surface area (Å²) < 4.78 is 0. The van der Waals surface area contributed by atoms with Crippen LogP contribution in [-0.4, -0.2) is 52.4 Å². The van der Waals surface area contributed by atoms with Crippen LogP contribution in [0, 0.1) is 0 Å². The van der Waals surface area contributed by atoms with Crippen LogP contribution in [0.4, 0.5) is 0 Å². The molecule has 0 saturated heterocycles. The Morgan fingerprint density at radius 3 is 0.684 bits per heavy atom. The zero-order valence-corrected chi connectivity index (χ0v) is 28.3. The van der Waals surface area contributed by atoms with Gasteiger partial charge in [-0.05, 0) is 25.7 Å². The SMILES string of the molecule is CCCCCCCCCCCCCCCC(=O)[O-].CCCCCCCCCCCCCCCC(=O)[O-].[Al+3].[Mg+2]. The van der Waals surface area contributed by atoms with Gasteiger partial charge in [0.25, 0.3) is 0 Å². The minimum atomic E-state index is -0.905. The average molecular weight is 562 g/mol. The number of aliphatic carboxylic acids is 2. The van der Waals surface area contributed by atoms with Gasteiger partial charge in [0.2, 0.25) is 0 Å². The summed E-state index contributed by atoms with van der Waals surface area (Å²) in [6, 6.07) is 0. The van der Waals surface area contributed by atoms with E-state index in [1.165, 1.54) is 141 Å². The summed E-state index contributed by atoms with van der Waals surface area (Å²) in [5, 5.41) is 20.4. The fourth-order valence-corrected chi connectivity index (χ4v) is 4.57. The molecule has 4 nitrogen and oxygen atoms in total. The molecule has 0 saturated carbocycles. The molecule has 0 rings (SSSR count). The Kier molecular flexibility index (Phi) is 49.7. The van der Waals surface area contributed by atoms with Crippen molar-refractivity contribution in [1.29, 1.82) is 0 Å². The van der Waals surface area contributed by atoms with Crippen LogP contribution >= 0.6 is 0 Å². The third kappa shape index (κ3) is 49.2. The monoisotopic (exact) mass is 561 g/mol. The molecule has 0 heterocycles. The fraction of sp³-hybridized carbons (Fsp3) is 0.938. The number of unbranched alkanes of at least 4 members (excludes halogenated alkanes) is 24. The van der Waals surface area contributed by atoms with Crippen LogP contribution in [-0.2, 0) is 9.59 Å². The molecule has 0 aliphatic rings. The number of carboxylic acid groups (broad SMARTS) is 2. The zero-order valence-electron chi connectivity index (χ0n) is 25.7. The number of carboxylic acids is 2. The smallest absolute Gasteiger partial charge is 0.550 e. The van der Waals surface area contributed by atoms with Crippen LogP contribution in [0.15, 0.2) is 0 Å². The fourth-order valence-electron chi connectivity index (χ4n) is 4.57. The standard InChI is InChI=1S/2C16H32O2.Al.Mg/c2*1-2-3-4-5-6-7-8-9-10-11-12-13-14-15-16(17)18;;/h2*2-15H2,1H3,(H,17,18);;/q;;+3;+2/p-2. The maximum Gasteiger partial charge on any atom is 3.00 e. The summed E-state index contributed by atoms with van der Waals surface area (Å²) in [6.07, 6.45) is 33.9. The van der Waals surface area contributed by atoms with Crippen molar-refractivity contribution in [3.05, 3.63) is 0 Å². The molecular weight excluding hydrogens is 500 g/mol. The van der Waals surface area contributed by atoms with Crippen molar-refractivity contribution in [2.24, 2.45) is 0 Å². The first-order chi connectivity index (χ1) is 17.5. The molecule has 0 aromatic heterocycles. The second-order valence-corrected chi connectivity index (χ2v) is 10.7. The van der Waals surface area contributed by atoms with Gasteiger partial charge in [0.15, 0.2) is 0 Å². The van der Waals surface area contributed by atoms with E-state index in [9.17, 15) is 19.8 Å². The van der Waals surface area contributed by atoms with Gasteiger partial charge in [-0.2, -0.15) is 0 Å². The molecule has 6 heteroatoms. The summed E-state index contributed by atoms with van der Waals surface area (Å²) in [5.41, 5.74) is 0. The molecule has 0 atom stereocenters. The Balaban J connectivity index is -0.000000289. The van der Waals surface area contributed by atoms with E-state index >= 15 is 0 Å². The predicted molar refractivity (Wildman–Crippen MR) is 162 cm³/mol. The molecule has 0 aliphatic carbocycles. The number of hydrogen-bond donors (Lipinski definition) is 0. The van der Waals surface area contributed by atoms with Crippen molar-refractivity contribution < 1.29 is 19.8 Å². The van der Waals surface area contributed by atoms with Gasteiger partial charge >= 0.3 is 40.4 Å². The van der Waals surface area contributed by atoms with Crippen LogP contribution in [0.2, 0.25) is 0 Å². The van der Waals surface area contributed by atoms with Crippen LogP contribution in [0.1, 0.15) is 194 Å². The predicted octanol–water partition coefficient (Wildman–Crippen LogP) is 7.67. The van der Waals surface area contributed by atoms with Gasteiger partial charge in [0.1, 0.15) is 0 Å². The molecular formula is C32H62AlMgO4+3. The quantitative estimate of drug-likeness (QED) is 0.0724. The summed E-state index contributed by atoms with van der Waals surface area (Å²) in [6.45, 7) is 4.51. The molecule has 0 fully saturated rings. The van der Waals surface area contributed by atoms with Crippen LogP contribution in [0.5, 0.6) is 0 Å². The van der Waals surface area contributed by atoms with Gasteiger partial charge in [-0.25, -0.2) is 0 Å². The molecule has 216 valence electrons. The van der Waals surface area contributed by atoms with E-state index in [2.05, 4.69) is 13.8 Å². The largest absolute Gasteiger partial charge is 3.00 e. The Morgan fingerprint density at radius 2 is 0.526 bits per heavy atom. The Hall–Kier alpha value is 0.239. The molecule has 0 aromatic carbocycles. The topological polar surface area (TPSA) is 80.3 Å². The normalized spacial score (nSPS) is 10.2. The van der Waals surface area contributed by atoms with E-state index < -0.39 is 11.9 Å². The minimum absolute atomic E-state index is 0. The van der Waals surface area contributed by atoms with Crippen molar-refractivity contribution in [1.82, 2.24) is 0 Å². The summed E-state index contributed by atoms with van der Waals surface area (Å²) >= 11 is 0. The van der Waals surface area contributed by atoms with Gasteiger partial charge < -0.3 is 19.8 Å². The molecule has 38 heavy (non-hydrogen) atoms. The summed E-state index contributed by atoms with van der Waals surface area (Å²) in [4.78, 5) is 20.4. The Labute approximate surface area is 264 Å². The van der Waals surface area contributed by atoms with Gasteiger partial charge in [-0.1, -0.05) is 168 Å². The molecule has 0 unspecified atom stereocenters. The second kappa shape index (κ2) is 41.7. The van der Waals surface area contributed by atoms with E-state index in [4.69, 9.17) is 0 Å². The Morgan fingerprint density at radius 1 is 0.368 bits per heavy atom. The number of carbonyl (C=O) groups excluding carboxylic acids is 2. The van der Waals surface area contributed by atoms with Crippen LogP contribution in [0.25, 0.3) is 0 Å². The van der Waals surface area contributed by atoms with E-state index in [0.717, 1.165) is 25.7 Å². The molecule has 0 spiro atoms. The average Bonchev–Trinajstić information content (AvgIpc) is 2.85. The van der Waals surface area contributed by atoms with Gasteiger partial charge in [-0.3, -0.25) is 0 Å². The van der Waals surface area contributed by atoms with Crippen molar-refractivity contribution >= 4 is 52.4 Å². The van der Waals surface area contributed by atoms with Crippen LogP contribution < -0.4 is 10.2 Å². The first kappa shape index (κ1) is 45.2. The number of rotatable bonds is 28. The molecule has 0 radical (unpaired) electrons. The van der Waals surface area contributed by atoms with Crippen molar-refractivity contribution in [3.63, 3.8) is 0 Å². The zero-order chi connectivity index (χ0) is 27.0. The first-order valence-electron chi connectivity index (χ1n) is 15.9. The molecule has 0 amide bonds. The summed E-state index contributed by atoms with van der Waals surface area (Å²) in [7, 11) is 0. The van der Waals surface area contributed by atoms with Crippen molar-refractivity contribution in [3.8, 4) is 0 Å². The van der Waals surface area contributed by atoms with Crippen molar-refractivity contribution in [2.75, 3.05) is 0 Å². The third-order valence-corrected chi connectivity index (χ3v) is 6.97. The number of carbonyl (C=O) groups is 2. The van der Waals surface area contributed by atoms with E-state index in [1.807, 2.05) is 0 Å². The van der Waals surface area contributed by atoms with Gasteiger partial charge in [-0.15, -0.1) is 0 Å². The minimum Gasteiger partial charge on any atom is -0.550 e. The Bertz CT molecular complexity index is 409. The maximum absolute atomic E-state index is 10.2. The molecule has 0 bridgehead atoms. The van der Waals surface area contributed by atoms with Crippen LogP contribution in [0.3, 0.4) is 0 Å². The molecule has 0 N–H and O–H groups in total. The summed E-state index contributed by atoms with van der Waals surface area (Å²) in [5.74, 6) is -1.81.